The molecule has 1 saturated carbocycles. The Morgan fingerprint density at radius 2 is 1.85 bits per heavy atom. The number of rotatable bonds is 6. The van der Waals surface area contributed by atoms with Crippen molar-refractivity contribution < 1.29 is 19.0 Å². The summed E-state index contributed by atoms with van der Waals surface area (Å²) >= 11 is 1.49. The van der Waals surface area contributed by atoms with Crippen LogP contribution in [0.15, 0.2) is 47.4 Å². The maximum absolute atomic E-state index is 12.3. The maximum atomic E-state index is 12.3. The number of fused-ring (bicyclic) bond motifs is 1. The largest absolute Gasteiger partial charge is 0.494 e. The van der Waals surface area contributed by atoms with E-state index in [1.54, 1.807) is 0 Å². The van der Waals surface area contributed by atoms with Crippen LogP contribution in [-0.2, 0) is 4.79 Å². The lowest BCUT2D eigenvalue weighted by Gasteiger charge is -2.21. The van der Waals surface area contributed by atoms with E-state index in [2.05, 4.69) is 5.32 Å². The first-order valence-electron chi connectivity index (χ1n) is 9.33. The van der Waals surface area contributed by atoms with Gasteiger partial charge in [0.25, 0.3) is 5.79 Å². The van der Waals surface area contributed by atoms with Crippen LogP contribution in [0, 0.1) is 0 Å². The molecule has 5 nitrogen and oxygen atoms in total. The van der Waals surface area contributed by atoms with Crippen LogP contribution >= 0.6 is 11.8 Å². The topological polar surface area (TPSA) is 56.8 Å². The maximum Gasteiger partial charge on any atom is 0.251 e. The molecular formula is C21H23NO4S. The highest BCUT2D eigenvalue weighted by Crippen LogP contribution is 2.47. The van der Waals surface area contributed by atoms with Gasteiger partial charge in [0.15, 0.2) is 11.5 Å². The first kappa shape index (κ1) is 18.0. The van der Waals surface area contributed by atoms with E-state index in [0.717, 1.165) is 47.8 Å². The highest BCUT2D eigenvalue weighted by atomic mass is 32.2. The zero-order chi connectivity index (χ0) is 18.7. The molecule has 2 aromatic carbocycles. The average Bonchev–Trinajstić information content (AvgIpc) is 3.27. The average molecular weight is 385 g/mol. The minimum Gasteiger partial charge on any atom is -0.494 e. The molecule has 27 heavy (non-hydrogen) atoms. The Hall–Kier alpha value is -2.34. The Balaban J connectivity index is 1.31. The number of carbonyl (C=O) groups is 1. The molecule has 1 N–H and O–H groups in total. The second-order valence-electron chi connectivity index (χ2n) is 6.72. The van der Waals surface area contributed by atoms with Gasteiger partial charge >= 0.3 is 0 Å². The number of carbonyl (C=O) groups excluding carboxylic acids is 1. The van der Waals surface area contributed by atoms with E-state index >= 15 is 0 Å². The van der Waals surface area contributed by atoms with Gasteiger partial charge in [0.1, 0.15) is 5.75 Å². The molecule has 6 heteroatoms. The van der Waals surface area contributed by atoms with Crippen LogP contribution in [0.25, 0.3) is 0 Å². The third kappa shape index (κ3) is 4.16. The Morgan fingerprint density at radius 1 is 1.11 bits per heavy atom. The Bertz CT molecular complexity index is 815. The van der Waals surface area contributed by atoms with Gasteiger partial charge in [-0.15, -0.1) is 11.8 Å². The van der Waals surface area contributed by atoms with E-state index < -0.39 is 5.79 Å². The molecule has 1 fully saturated rings. The van der Waals surface area contributed by atoms with Gasteiger partial charge in [-0.25, -0.2) is 0 Å². The predicted octanol–water partition coefficient (Wildman–Crippen LogP) is 4.86. The molecule has 1 amide bonds. The fourth-order valence-electron chi connectivity index (χ4n) is 3.43. The monoisotopic (exact) mass is 385 g/mol. The zero-order valence-corrected chi connectivity index (χ0v) is 16.1. The van der Waals surface area contributed by atoms with Crippen molar-refractivity contribution in [1.82, 2.24) is 0 Å². The minimum atomic E-state index is -0.478. The molecule has 0 saturated heterocycles. The van der Waals surface area contributed by atoms with Crippen LogP contribution in [0.4, 0.5) is 5.69 Å². The van der Waals surface area contributed by atoms with Crippen molar-refractivity contribution >= 4 is 23.4 Å². The third-order valence-corrected chi connectivity index (χ3v) is 5.70. The number of amides is 1. The molecule has 0 atom stereocenters. The van der Waals surface area contributed by atoms with E-state index in [-0.39, 0.29) is 5.91 Å². The molecule has 2 aromatic rings. The summed E-state index contributed by atoms with van der Waals surface area (Å²) in [6, 6.07) is 13.3. The molecule has 0 radical (unpaired) electrons. The van der Waals surface area contributed by atoms with Crippen LogP contribution in [0.2, 0.25) is 0 Å². The summed E-state index contributed by atoms with van der Waals surface area (Å²) in [5, 5.41) is 2.93. The van der Waals surface area contributed by atoms with Gasteiger partial charge in [0, 0.05) is 29.5 Å². The highest BCUT2D eigenvalue weighted by molar-refractivity contribution is 8.00. The fraction of sp³-hybridized carbons (Fsp3) is 0.381. The van der Waals surface area contributed by atoms with Crippen molar-refractivity contribution in [3.8, 4) is 17.2 Å². The third-order valence-electron chi connectivity index (χ3n) is 4.69. The second kappa shape index (κ2) is 7.72. The van der Waals surface area contributed by atoms with Gasteiger partial charge in [-0.3, -0.25) is 4.79 Å². The number of thioether (sulfide) groups is 1. The van der Waals surface area contributed by atoms with Crippen LogP contribution in [0.5, 0.6) is 17.2 Å². The van der Waals surface area contributed by atoms with Crippen molar-refractivity contribution in [2.45, 2.75) is 43.3 Å². The first-order chi connectivity index (χ1) is 13.2. The Morgan fingerprint density at radius 3 is 2.59 bits per heavy atom. The van der Waals surface area contributed by atoms with Crippen molar-refractivity contribution in [2.75, 3.05) is 17.7 Å². The summed E-state index contributed by atoms with van der Waals surface area (Å²) in [5.74, 6) is 2.13. The molecule has 0 unspecified atom stereocenters. The van der Waals surface area contributed by atoms with E-state index in [1.807, 2.05) is 49.4 Å². The Labute approximate surface area is 163 Å². The lowest BCUT2D eigenvalue weighted by molar-refractivity contribution is -0.113. The van der Waals surface area contributed by atoms with E-state index in [9.17, 15) is 4.79 Å². The quantitative estimate of drug-likeness (QED) is 0.720. The highest BCUT2D eigenvalue weighted by Gasteiger charge is 2.44. The molecular weight excluding hydrogens is 362 g/mol. The van der Waals surface area contributed by atoms with Crippen LogP contribution in [-0.4, -0.2) is 24.1 Å². The molecule has 1 spiro atoms. The summed E-state index contributed by atoms with van der Waals surface area (Å²) in [7, 11) is 0. The van der Waals surface area contributed by atoms with E-state index in [1.165, 1.54) is 11.8 Å². The number of ether oxygens (including phenoxy) is 3. The summed E-state index contributed by atoms with van der Waals surface area (Å²) in [5.41, 5.74) is 0.727. The van der Waals surface area contributed by atoms with Gasteiger partial charge in [0.05, 0.1) is 12.4 Å². The number of anilines is 1. The molecule has 1 aliphatic heterocycles. The number of benzene rings is 2. The standard InChI is InChI=1S/C21H23NO4S/c1-2-24-16-6-8-17(9-7-16)27-14-20(23)22-15-5-10-18-19(13-15)26-21(25-18)11-3-4-12-21/h5-10,13H,2-4,11-12,14H2,1H3,(H,22,23). The Kier molecular flexibility index (Phi) is 5.16. The van der Waals surface area contributed by atoms with Crippen molar-refractivity contribution in [3.05, 3.63) is 42.5 Å². The van der Waals surface area contributed by atoms with Crippen LogP contribution in [0.1, 0.15) is 32.6 Å². The van der Waals surface area contributed by atoms with Crippen LogP contribution in [0.3, 0.4) is 0 Å². The molecule has 1 aliphatic carbocycles. The summed E-state index contributed by atoms with van der Waals surface area (Å²) in [6.45, 7) is 2.60. The van der Waals surface area contributed by atoms with Crippen molar-refractivity contribution in [3.63, 3.8) is 0 Å². The van der Waals surface area contributed by atoms with Gasteiger partial charge < -0.3 is 19.5 Å². The van der Waals surface area contributed by atoms with Gasteiger partial charge in [0.2, 0.25) is 5.91 Å². The van der Waals surface area contributed by atoms with E-state index in [0.29, 0.717) is 18.1 Å². The molecule has 1 heterocycles. The smallest absolute Gasteiger partial charge is 0.251 e. The minimum absolute atomic E-state index is 0.0525. The van der Waals surface area contributed by atoms with Gasteiger partial charge in [-0.1, -0.05) is 0 Å². The van der Waals surface area contributed by atoms with Gasteiger partial charge in [-0.2, -0.15) is 0 Å². The molecule has 4 rings (SSSR count). The lowest BCUT2D eigenvalue weighted by Crippen LogP contribution is -2.34. The summed E-state index contributed by atoms with van der Waals surface area (Å²) in [6.07, 6.45) is 4.09. The summed E-state index contributed by atoms with van der Waals surface area (Å²) in [4.78, 5) is 13.3. The molecule has 0 bridgehead atoms. The predicted molar refractivity (Wildman–Crippen MR) is 106 cm³/mol. The lowest BCUT2D eigenvalue weighted by atomic mass is 10.2. The number of nitrogens with one attached hydrogen (secondary N) is 1. The number of hydrogen-bond acceptors (Lipinski definition) is 5. The second-order valence-corrected chi connectivity index (χ2v) is 7.77. The van der Waals surface area contributed by atoms with Crippen LogP contribution < -0.4 is 19.5 Å². The molecule has 142 valence electrons. The zero-order valence-electron chi connectivity index (χ0n) is 15.3. The number of hydrogen-bond donors (Lipinski definition) is 1. The molecule has 2 aliphatic rings. The van der Waals surface area contributed by atoms with E-state index in [4.69, 9.17) is 14.2 Å². The van der Waals surface area contributed by atoms with Gasteiger partial charge in [-0.05, 0) is 56.2 Å². The first-order valence-corrected chi connectivity index (χ1v) is 10.3. The SMILES string of the molecule is CCOc1ccc(SCC(=O)Nc2ccc3c(c2)OC2(CCCC2)O3)cc1. The van der Waals surface area contributed by atoms with Crippen molar-refractivity contribution in [1.29, 1.82) is 0 Å². The van der Waals surface area contributed by atoms with Crippen molar-refractivity contribution in [2.24, 2.45) is 0 Å². The normalized spacial score (nSPS) is 16.5. The summed E-state index contributed by atoms with van der Waals surface area (Å²) < 4.78 is 17.5. The molecule has 0 aromatic heterocycles. The fourth-order valence-corrected chi connectivity index (χ4v) is 4.13.